The largest absolute Gasteiger partial charge is 0.454 e. The molecule has 0 aromatic heterocycles. The molecule has 0 saturated heterocycles. The summed E-state index contributed by atoms with van der Waals surface area (Å²) in [4.78, 5) is 11.8. The van der Waals surface area contributed by atoms with Crippen LogP contribution >= 0.6 is 11.6 Å². The van der Waals surface area contributed by atoms with Crippen LogP contribution in [0.4, 0.5) is 10.1 Å². The summed E-state index contributed by atoms with van der Waals surface area (Å²) in [5.41, 5.74) is 0.804. The maximum absolute atomic E-state index is 13.4. The molecule has 2 aromatic rings. The third kappa shape index (κ3) is 3.04. The molecular formula is C16H11ClFNO3. The number of halogens is 2. The van der Waals surface area contributed by atoms with Crippen LogP contribution in [0.15, 0.2) is 42.5 Å². The molecule has 0 spiro atoms. The first-order chi connectivity index (χ1) is 10.6. The molecular weight excluding hydrogens is 309 g/mol. The van der Waals surface area contributed by atoms with Crippen molar-refractivity contribution < 1.29 is 18.7 Å². The molecule has 1 heterocycles. The first-order valence-corrected chi connectivity index (χ1v) is 6.84. The lowest BCUT2D eigenvalue weighted by molar-refractivity contribution is -0.111. The average molecular weight is 320 g/mol. The van der Waals surface area contributed by atoms with E-state index in [1.807, 2.05) is 0 Å². The van der Waals surface area contributed by atoms with Gasteiger partial charge in [-0.15, -0.1) is 0 Å². The molecule has 1 aliphatic rings. The summed E-state index contributed by atoms with van der Waals surface area (Å²) in [6, 6.07) is 9.31. The second kappa shape index (κ2) is 6.07. The van der Waals surface area contributed by atoms with E-state index in [1.54, 1.807) is 30.3 Å². The van der Waals surface area contributed by atoms with E-state index < -0.39 is 11.7 Å². The van der Waals surface area contributed by atoms with Crippen molar-refractivity contribution in [1.29, 1.82) is 0 Å². The molecule has 22 heavy (non-hydrogen) atoms. The van der Waals surface area contributed by atoms with Gasteiger partial charge in [0.05, 0.1) is 10.7 Å². The van der Waals surface area contributed by atoms with Crippen molar-refractivity contribution >= 4 is 29.3 Å². The average Bonchev–Trinajstić information content (AvgIpc) is 2.97. The molecule has 3 rings (SSSR count). The van der Waals surface area contributed by atoms with Crippen LogP contribution in [0.5, 0.6) is 11.5 Å². The van der Waals surface area contributed by atoms with Gasteiger partial charge in [-0.1, -0.05) is 23.7 Å². The fraction of sp³-hybridized carbons (Fsp3) is 0.0625. The Kier molecular flexibility index (Phi) is 3.98. The summed E-state index contributed by atoms with van der Waals surface area (Å²) in [7, 11) is 0. The van der Waals surface area contributed by atoms with E-state index in [0.29, 0.717) is 22.1 Å². The van der Waals surface area contributed by atoms with Gasteiger partial charge in [0.2, 0.25) is 12.7 Å². The lowest BCUT2D eigenvalue weighted by atomic mass is 10.2. The van der Waals surface area contributed by atoms with Crippen LogP contribution in [0.3, 0.4) is 0 Å². The van der Waals surface area contributed by atoms with Crippen LogP contribution in [-0.2, 0) is 4.79 Å². The molecule has 0 bridgehead atoms. The van der Waals surface area contributed by atoms with E-state index in [2.05, 4.69) is 5.32 Å². The molecule has 6 heteroatoms. The minimum atomic E-state index is -0.490. The van der Waals surface area contributed by atoms with Crippen molar-refractivity contribution in [2.75, 3.05) is 12.1 Å². The Balaban J connectivity index is 1.73. The van der Waals surface area contributed by atoms with Crippen LogP contribution in [0, 0.1) is 5.82 Å². The summed E-state index contributed by atoms with van der Waals surface area (Å²) >= 11 is 6.05. The van der Waals surface area contributed by atoms with Gasteiger partial charge in [0.25, 0.3) is 0 Å². The van der Waals surface area contributed by atoms with Crippen molar-refractivity contribution in [2.45, 2.75) is 0 Å². The summed E-state index contributed by atoms with van der Waals surface area (Å²) in [6.07, 6.45) is 2.85. The number of para-hydroxylation sites is 1. The Labute approximate surface area is 131 Å². The Morgan fingerprint density at radius 3 is 2.91 bits per heavy atom. The number of ether oxygens (including phenoxy) is 2. The summed E-state index contributed by atoms with van der Waals surface area (Å²) < 4.78 is 23.9. The summed E-state index contributed by atoms with van der Waals surface area (Å²) in [5.74, 6) is 0.0885. The number of rotatable bonds is 3. The molecule has 0 unspecified atom stereocenters. The zero-order chi connectivity index (χ0) is 15.5. The Morgan fingerprint density at radius 1 is 1.27 bits per heavy atom. The number of amides is 1. The monoisotopic (exact) mass is 319 g/mol. The molecule has 4 nitrogen and oxygen atoms in total. The number of nitrogens with one attached hydrogen (secondary N) is 1. The molecule has 0 saturated carbocycles. The van der Waals surface area contributed by atoms with Crippen LogP contribution < -0.4 is 14.8 Å². The lowest BCUT2D eigenvalue weighted by Gasteiger charge is -2.03. The SMILES string of the molecule is O=C(/C=C/c1cc(Cl)c2c(c1)OCO2)Nc1ccccc1F. The molecule has 0 radical (unpaired) electrons. The summed E-state index contributed by atoms with van der Waals surface area (Å²) in [6.45, 7) is 0.121. The van der Waals surface area contributed by atoms with Gasteiger partial charge in [0.15, 0.2) is 11.5 Å². The molecule has 2 aromatic carbocycles. The van der Waals surface area contributed by atoms with Gasteiger partial charge in [-0.3, -0.25) is 4.79 Å². The van der Waals surface area contributed by atoms with Gasteiger partial charge >= 0.3 is 0 Å². The minimum Gasteiger partial charge on any atom is -0.454 e. The van der Waals surface area contributed by atoms with Gasteiger partial charge < -0.3 is 14.8 Å². The highest BCUT2D eigenvalue weighted by atomic mass is 35.5. The van der Waals surface area contributed by atoms with Crippen molar-refractivity contribution in [2.24, 2.45) is 0 Å². The fourth-order valence-electron chi connectivity index (χ4n) is 1.99. The van der Waals surface area contributed by atoms with Gasteiger partial charge in [0, 0.05) is 6.08 Å². The predicted octanol–water partition coefficient (Wildman–Crippen LogP) is 3.86. The third-order valence-corrected chi connectivity index (χ3v) is 3.29. The molecule has 1 N–H and O–H groups in total. The Bertz CT molecular complexity index is 761. The van der Waals surface area contributed by atoms with Crippen molar-refractivity contribution in [1.82, 2.24) is 0 Å². The van der Waals surface area contributed by atoms with Gasteiger partial charge in [-0.2, -0.15) is 0 Å². The Hall–Kier alpha value is -2.53. The maximum atomic E-state index is 13.4. The van der Waals surface area contributed by atoms with Crippen LogP contribution in [0.1, 0.15) is 5.56 Å². The molecule has 0 aliphatic carbocycles. The first kappa shape index (κ1) is 14.4. The van der Waals surface area contributed by atoms with Crippen molar-refractivity contribution in [3.8, 4) is 11.5 Å². The zero-order valence-electron chi connectivity index (χ0n) is 11.3. The number of fused-ring (bicyclic) bond motifs is 1. The van der Waals surface area contributed by atoms with E-state index >= 15 is 0 Å². The van der Waals surface area contributed by atoms with Gasteiger partial charge in [-0.25, -0.2) is 4.39 Å². The highest BCUT2D eigenvalue weighted by Gasteiger charge is 2.17. The van der Waals surface area contributed by atoms with Crippen LogP contribution in [0.2, 0.25) is 5.02 Å². The zero-order valence-corrected chi connectivity index (χ0v) is 12.1. The lowest BCUT2D eigenvalue weighted by Crippen LogP contribution is -2.08. The molecule has 0 fully saturated rings. The standard InChI is InChI=1S/C16H11ClFNO3/c17-11-7-10(8-14-16(11)22-9-21-14)5-6-15(20)19-13-4-2-1-3-12(13)18/h1-8H,9H2,(H,19,20)/b6-5+. The van der Waals surface area contributed by atoms with Crippen molar-refractivity contribution in [3.63, 3.8) is 0 Å². The predicted molar refractivity (Wildman–Crippen MR) is 81.6 cm³/mol. The van der Waals surface area contributed by atoms with E-state index in [-0.39, 0.29) is 12.5 Å². The quantitative estimate of drug-likeness (QED) is 0.874. The normalized spacial score (nSPS) is 12.6. The van der Waals surface area contributed by atoms with E-state index in [0.717, 1.165) is 0 Å². The number of benzene rings is 2. The second-order valence-corrected chi connectivity index (χ2v) is 4.95. The highest BCUT2D eigenvalue weighted by molar-refractivity contribution is 6.32. The number of anilines is 1. The molecule has 112 valence electrons. The fourth-order valence-corrected chi connectivity index (χ4v) is 2.27. The van der Waals surface area contributed by atoms with Crippen LogP contribution in [0.25, 0.3) is 6.08 Å². The smallest absolute Gasteiger partial charge is 0.248 e. The van der Waals surface area contributed by atoms with Crippen LogP contribution in [-0.4, -0.2) is 12.7 Å². The number of hydrogen-bond donors (Lipinski definition) is 1. The second-order valence-electron chi connectivity index (χ2n) is 4.54. The molecule has 1 aliphatic heterocycles. The first-order valence-electron chi connectivity index (χ1n) is 6.46. The number of carbonyl (C=O) groups excluding carboxylic acids is 1. The number of hydrogen-bond acceptors (Lipinski definition) is 3. The number of carbonyl (C=O) groups is 1. The summed E-state index contributed by atoms with van der Waals surface area (Å²) in [5, 5.41) is 2.86. The minimum absolute atomic E-state index is 0.121. The van der Waals surface area contributed by atoms with Gasteiger partial charge in [-0.05, 0) is 35.9 Å². The third-order valence-electron chi connectivity index (χ3n) is 3.01. The molecule has 1 amide bonds. The molecule has 0 atom stereocenters. The highest BCUT2D eigenvalue weighted by Crippen LogP contribution is 2.40. The topological polar surface area (TPSA) is 47.6 Å². The van der Waals surface area contributed by atoms with Crippen molar-refractivity contribution in [3.05, 3.63) is 58.9 Å². The van der Waals surface area contributed by atoms with E-state index in [4.69, 9.17) is 21.1 Å². The van der Waals surface area contributed by atoms with E-state index in [1.165, 1.54) is 18.2 Å². The Morgan fingerprint density at radius 2 is 2.09 bits per heavy atom. The maximum Gasteiger partial charge on any atom is 0.248 e. The van der Waals surface area contributed by atoms with E-state index in [9.17, 15) is 9.18 Å². The van der Waals surface area contributed by atoms with Gasteiger partial charge in [0.1, 0.15) is 5.82 Å².